The minimum absolute atomic E-state index is 0.0702. The number of alkyl halides is 4. The van der Waals surface area contributed by atoms with Crippen molar-refractivity contribution in [3.8, 4) is 11.1 Å². The molecule has 3 atom stereocenters. The maximum atomic E-state index is 13.9. The molecule has 230 valence electrons. The van der Waals surface area contributed by atoms with Gasteiger partial charge in [0.1, 0.15) is 18.4 Å². The predicted molar refractivity (Wildman–Crippen MR) is 165 cm³/mol. The molecular formula is C30H29F3IN7O3. The first-order chi connectivity index (χ1) is 20.6. The lowest BCUT2D eigenvalue weighted by atomic mass is 10.0. The number of benzene rings is 1. The lowest BCUT2D eigenvalue weighted by Crippen LogP contribution is -2.47. The van der Waals surface area contributed by atoms with Crippen molar-refractivity contribution in [2.75, 3.05) is 5.32 Å². The Hall–Kier alpha value is -3.95. The SMILES string of the molecule is CC(=O)c1cn(CC(=O)N2[C@H](I)[C@@H](C)C[C@H]2C(=O)Nc2nc(C(F)(F)F)cnc2C)c2c(C)cc(-c3cnc(C)nc3)cc12. The summed E-state index contributed by atoms with van der Waals surface area (Å²) in [6.45, 7) is 8.32. The minimum Gasteiger partial charge on any atom is -0.337 e. The number of Topliss-reactive ketones (excluding diaryl/α,β-unsaturated/α-hetero) is 1. The van der Waals surface area contributed by atoms with Gasteiger partial charge in [-0.2, -0.15) is 13.2 Å². The van der Waals surface area contributed by atoms with Gasteiger partial charge in [-0.15, -0.1) is 0 Å². The molecule has 1 fully saturated rings. The van der Waals surface area contributed by atoms with E-state index in [4.69, 9.17) is 0 Å². The van der Waals surface area contributed by atoms with E-state index in [0.29, 0.717) is 34.9 Å². The number of carbonyl (C=O) groups is 3. The molecule has 14 heteroatoms. The summed E-state index contributed by atoms with van der Waals surface area (Å²) in [6.07, 6.45) is 1.25. The van der Waals surface area contributed by atoms with Crippen LogP contribution in [0.1, 0.15) is 53.4 Å². The van der Waals surface area contributed by atoms with Crippen molar-refractivity contribution in [3.63, 3.8) is 0 Å². The number of amides is 2. The van der Waals surface area contributed by atoms with Crippen molar-refractivity contribution < 1.29 is 27.6 Å². The van der Waals surface area contributed by atoms with Gasteiger partial charge in [-0.3, -0.25) is 19.4 Å². The molecule has 3 aromatic heterocycles. The Morgan fingerprint density at radius 2 is 1.73 bits per heavy atom. The quantitative estimate of drug-likeness (QED) is 0.118. The molecule has 0 saturated carbocycles. The number of hydrogen-bond donors (Lipinski definition) is 1. The van der Waals surface area contributed by atoms with E-state index in [1.807, 2.05) is 26.0 Å². The molecule has 1 N–H and O–H groups in total. The summed E-state index contributed by atoms with van der Waals surface area (Å²) in [5.41, 5.74) is 2.47. The molecular weight excluding hydrogens is 690 g/mol. The fourth-order valence-electron chi connectivity index (χ4n) is 5.47. The first-order valence-electron chi connectivity index (χ1n) is 13.8. The number of likely N-dealkylation sites (tertiary alicyclic amines) is 1. The Bertz CT molecular complexity index is 1790. The Labute approximate surface area is 264 Å². The Morgan fingerprint density at radius 1 is 1.05 bits per heavy atom. The smallest absolute Gasteiger partial charge is 0.337 e. The average Bonchev–Trinajstić information content (AvgIpc) is 3.46. The molecule has 1 aliphatic rings. The second-order valence-corrected chi connectivity index (χ2v) is 12.3. The number of halogens is 4. The number of aryl methyl sites for hydroxylation is 3. The van der Waals surface area contributed by atoms with Crippen LogP contribution in [0.4, 0.5) is 19.0 Å². The summed E-state index contributed by atoms with van der Waals surface area (Å²) in [5, 5.41) is 3.14. The van der Waals surface area contributed by atoms with Gasteiger partial charge in [-0.1, -0.05) is 29.5 Å². The molecule has 1 aromatic carbocycles. The lowest BCUT2D eigenvalue weighted by Gasteiger charge is -2.28. The second kappa shape index (κ2) is 11.9. The van der Waals surface area contributed by atoms with Crippen LogP contribution in [0.5, 0.6) is 0 Å². The van der Waals surface area contributed by atoms with Crippen molar-refractivity contribution in [1.29, 1.82) is 0 Å². The summed E-state index contributed by atoms with van der Waals surface area (Å²) in [4.78, 5) is 57.3. The number of hydrogen-bond acceptors (Lipinski definition) is 7. The van der Waals surface area contributed by atoms with E-state index >= 15 is 0 Å². The maximum Gasteiger partial charge on any atom is 0.434 e. The van der Waals surface area contributed by atoms with Crippen LogP contribution in [0, 0.1) is 26.7 Å². The van der Waals surface area contributed by atoms with Gasteiger partial charge in [0, 0.05) is 35.1 Å². The first kappa shape index (κ1) is 31.5. The molecule has 0 bridgehead atoms. The van der Waals surface area contributed by atoms with E-state index in [-0.39, 0.29) is 39.7 Å². The lowest BCUT2D eigenvalue weighted by molar-refractivity contribution is -0.141. The summed E-state index contributed by atoms with van der Waals surface area (Å²) in [6, 6.07) is 2.87. The van der Waals surface area contributed by atoms with Crippen LogP contribution in [0.3, 0.4) is 0 Å². The predicted octanol–water partition coefficient (Wildman–Crippen LogP) is 5.67. The first-order valence-corrected chi connectivity index (χ1v) is 15.0. The maximum absolute atomic E-state index is 13.9. The highest BCUT2D eigenvalue weighted by atomic mass is 127. The van der Waals surface area contributed by atoms with Gasteiger partial charge in [-0.05, 0) is 63.3 Å². The van der Waals surface area contributed by atoms with Crippen LogP contribution in [0.15, 0.2) is 36.9 Å². The fourth-order valence-corrected chi connectivity index (χ4v) is 6.46. The largest absolute Gasteiger partial charge is 0.434 e. The normalized spacial score (nSPS) is 18.6. The van der Waals surface area contributed by atoms with Crippen molar-refractivity contribution in [1.82, 2.24) is 29.4 Å². The summed E-state index contributed by atoms with van der Waals surface area (Å²) >= 11 is 2.11. The summed E-state index contributed by atoms with van der Waals surface area (Å²) in [5.74, 6) is -0.939. The number of nitrogens with zero attached hydrogens (tertiary/aromatic N) is 6. The third-order valence-corrected chi connectivity index (χ3v) is 9.53. The zero-order valence-corrected chi connectivity index (χ0v) is 26.7. The third kappa shape index (κ3) is 6.03. The van der Waals surface area contributed by atoms with Gasteiger partial charge >= 0.3 is 6.18 Å². The molecule has 5 rings (SSSR count). The monoisotopic (exact) mass is 719 g/mol. The third-order valence-electron chi connectivity index (χ3n) is 7.71. The van der Waals surface area contributed by atoms with E-state index in [9.17, 15) is 27.6 Å². The van der Waals surface area contributed by atoms with Crippen molar-refractivity contribution in [2.24, 2.45) is 5.92 Å². The van der Waals surface area contributed by atoms with Gasteiger partial charge in [-0.25, -0.2) is 15.0 Å². The number of aromatic nitrogens is 5. The van der Waals surface area contributed by atoms with Crippen LogP contribution in [-0.4, -0.2) is 57.1 Å². The molecule has 10 nitrogen and oxygen atoms in total. The Kier molecular flexibility index (Phi) is 8.48. The second-order valence-electron chi connectivity index (χ2n) is 11.0. The molecule has 0 aliphatic carbocycles. The highest BCUT2D eigenvalue weighted by Crippen LogP contribution is 2.36. The van der Waals surface area contributed by atoms with Crippen molar-refractivity contribution in [2.45, 2.75) is 63.9 Å². The standard InChI is InChI=1S/C30H29F3IN7O3/c1-14-6-19(20-9-36-18(5)37-10-20)8-21-22(17(4)42)12-40(26(14)21)13-25(43)41-23(7-15(2)27(41)34)29(44)39-28-16(3)35-11-24(38-28)30(31,32)33/h6,8-12,15,23,27H,7,13H2,1-5H3,(H,38,39,44)/t15-,23-,27-/m0/s1. The number of ketones is 1. The van der Waals surface area contributed by atoms with Gasteiger partial charge in [0.2, 0.25) is 11.8 Å². The summed E-state index contributed by atoms with van der Waals surface area (Å²) in [7, 11) is 0. The van der Waals surface area contributed by atoms with Crippen LogP contribution < -0.4 is 5.32 Å². The number of anilines is 1. The molecule has 2 amide bonds. The molecule has 1 saturated heterocycles. The van der Waals surface area contributed by atoms with E-state index in [1.165, 1.54) is 18.7 Å². The van der Waals surface area contributed by atoms with Crippen molar-refractivity contribution in [3.05, 3.63) is 65.3 Å². The molecule has 0 radical (unpaired) electrons. The van der Waals surface area contributed by atoms with E-state index < -0.39 is 23.8 Å². The number of nitrogens with one attached hydrogen (secondary N) is 1. The fraction of sp³-hybridized carbons (Fsp3) is 0.367. The highest BCUT2D eigenvalue weighted by Gasteiger charge is 2.44. The van der Waals surface area contributed by atoms with Gasteiger partial charge in [0.05, 0.1) is 21.5 Å². The molecule has 1 aliphatic heterocycles. The van der Waals surface area contributed by atoms with Crippen LogP contribution in [0.2, 0.25) is 0 Å². The number of carbonyl (C=O) groups excluding carboxylic acids is 3. The summed E-state index contributed by atoms with van der Waals surface area (Å²) < 4.78 is 41.1. The minimum atomic E-state index is -4.73. The van der Waals surface area contributed by atoms with Crippen LogP contribution in [0.25, 0.3) is 22.0 Å². The van der Waals surface area contributed by atoms with E-state index in [2.05, 4.69) is 47.8 Å². The molecule has 0 spiro atoms. The van der Waals surface area contributed by atoms with Crippen LogP contribution in [-0.2, 0) is 22.3 Å². The van der Waals surface area contributed by atoms with Crippen LogP contribution >= 0.6 is 22.6 Å². The van der Waals surface area contributed by atoms with E-state index in [1.54, 1.807) is 30.1 Å². The topological polar surface area (TPSA) is 123 Å². The zero-order chi connectivity index (χ0) is 32.1. The Balaban J connectivity index is 1.46. The highest BCUT2D eigenvalue weighted by molar-refractivity contribution is 14.1. The van der Waals surface area contributed by atoms with Gasteiger partial charge in [0.15, 0.2) is 17.3 Å². The van der Waals surface area contributed by atoms with Gasteiger partial charge in [0.25, 0.3) is 0 Å². The van der Waals surface area contributed by atoms with Crippen molar-refractivity contribution >= 4 is 56.9 Å². The van der Waals surface area contributed by atoms with E-state index in [0.717, 1.165) is 16.7 Å². The zero-order valence-electron chi connectivity index (χ0n) is 24.5. The Morgan fingerprint density at radius 3 is 2.36 bits per heavy atom. The number of rotatable bonds is 6. The number of fused-ring (bicyclic) bond motifs is 1. The molecule has 44 heavy (non-hydrogen) atoms. The molecule has 4 aromatic rings. The molecule has 0 unspecified atom stereocenters. The van der Waals surface area contributed by atoms with Gasteiger partial charge < -0.3 is 14.8 Å². The average molecular weight is 720 g/mol. The molecule has 4 heterocycles.